The third kappa shape index (κ3) is 3.95. The van der Waals surface area contributed by atoms with Crippen LogP contribution in [0.1, 0.15) is 27.1 Å². The van der Waals surface area contributed by atoms with Gasteiger partial charge in [-0.2, -0.15) is 0 Å². The highest BCUT2D eigenvalue weighted by atomic mass is 32.2. The van der Waals surface area contributed by atoms with E-state index in [0.29, 0.717) is 19.6 Å². The molecule has 2 aromatic rings. The van der Waals surface area contributed by atoms with Gasteiger partial charge in [-0.05, 0) is 24.3 Å². The molecule has 1 heterocycles. The Morgan fingerprint density at radius 3 is 2.07 bits per heavy atom. The van der Waals surface area contributed by atoms with Crippen LogP contribution in [-0.2, 0) is 10.0 Å². The van der Waals surface area contributed by atoms with Gasteiger partial charge in [-0.15, -0.1) is 0 Å². The smallest absolute Gasteiger partial charge is 0.337 e. The molecule has 0 aliphatic carbocycles. The molecule has 0 unspecified atom stereocenters. The van der Waals surface area contributed by atoms with Crippen LogP contribution in [0.25, 0.3) is 0 Å². The van der Waals surface area contributed by atoms with Gasteiger partial charge in [0, 0.05) is 18.6 Å². The molecule has 0 saturated carbocycles. The van der Waals surface area contributed by atoms with Gasteiger partial charge in [-0.3, -0.25) is 4.72 Å². The first-order chi connectivity index (χ1) is 12.8. The molecular weight excluding hydrogens is 378 g/mol. The first-order valence-electron chi connectivity index (χ1n) is 7.81. The highest BCUT2D eigenvalue weighted by Crippen LogP contribution is 2.36. The van der Waals surface area contributed by atoms with Crippen LogP contribution in [0.5, 0.6) is 11.5 Å². The summed E-state index contributed by atoms with van der Waals surface area (Å²) in [6.07, 6.45) is 0.605. The molecular formula is C17H15NO8S. The summed E-state index contributed by atoms with van der Waals surface area (Å²) in [5.74, 6) is -2.08. The molecule has 0 bridgehead atoms. The lowest BCUT2D eigenvalue weighted by atomic mass is 10.1. The number of rotatable bonds is 5. The molecule has 0 amide bonds. The van der Waals surface area contributed by atoms with Crippen LogP contribution in [0.3, 0.4) is 0 Å². The Morgan fingerprint density at radius 1 is 0.926 bits per heavy atom. The minimum atomic E-state index is -4.15. The second-order valence-corrected chi connectivity index (χ2v) is 7.32. The van der Waals surface area contributed by atoms with E-state index >= 15 is 0 Å². The normalized spacial score (nSPS) is 13.5. The summed E-state index contributed by atoms with van der Waals surface area (Å²) < 4.78 is 38.2. The van der Waals surface area contributed by atoms with E-state index in [2.05, 4.69) is 4.72 Å². The largest absolute Gasteiger partial charge is 0.490 e. The Labute approximate surface area is 154 Å². The van der Waals surface area contributed by atoms with Crippen LogP contribution in [0, 0.1) is 0 Å². The van der Waals surface area contributed by atoms with Crippen molar-refractivity contribution >= 4 is 27.6 Å². The topological polar surface area (TPSA) is 139 Å². The zero-order valence-electron chi connectivity index (χ0n) is 13.8. The number of hydrogen-bond donors (Lipinski definition) is 3. The number of carbonyl (C=O) groups is 2. The first kappa shape index (κ1) is 18.5. The van der Waals surface area contributed by atoms with Gasteiger partial charge in [0.05, 0.1) is 34.9 Å². The Balaban J connectivity index is 1.99. The molecule has 10 heteroatoms. The third-order valence-corrected chi connectivity index (χ3v) is 5.16. The van der Waals surface area contributed by atoms with Crippen molar-refractivity contribution in [3.63, 3.8) is 0 Å². The van der Waals surface area contributed by atoms with Crippen molar-refractivity contribution in [2.24, 2.45) is 0 Å². The highest BCUT2D eigenvalue weighted by Gasteiger charge is 2.23. The standard InChI is InChI=1S/C17H15NO8S/c19-16(20)10-2-4-11(5-3-10)27(23,24)18-13-9-15-14(8-12(13)17(21)22)25-6-1-7-26-15/h2-5,8-9,18H,1,6-7H2,(H,19,20)(H,21,22). The molecule has 9 nitrogen and oxygen atoms in total. The molecule has 27 heavy (non-hydrogen) atoms. The third-order valence-electron chi connectivity index (χ3n) is 3.77. The van der Waals surface area contributed by atoms with Crippen molar-refractivity contribution in [3.05, 3.63) is 47.5 Å². The summed E-state index contributed by atoms with van der Waals surface area (Å²) in [4.78, 5) is 22.2. The lowest BCUT2D eigenvalue weighted by Gasteiger charge is -2.14. The summed E-state index contributed by atoms with van der Waals surface area (Å²) in [5.41, 5.74) is -0.560. The molecule has 3 N–H and O–H groups in total. The van der Waals surface area contributed by atoms with Gasteiger partial charge >= 0.3 is 11.9 Å². The molecule has 1 aliphatic rings. The molecule has 3 rings (SSSR count). The van der Waals surface area contributed by atoms with Crippen molar-refractivity contribution in [1.29, 1.82) is 0 Å². The van der Waals surface area contributed by atoms with Crippen LogP contribution in [0.4, 0.5) is 5.69 Å². The summed E-state index contributed by atoms with van der Waals surface area (Å²) >= 11 is 0. The fraction of sp³-hybridized carbons (Fsp3) is 0.176. The van der Waals surface area contributed by atoms with Gasteiger partial charge in [0.15, 0.2) is 11.5 Å². The van der Waals surface area contributed by atoms with Crippen molar-refractivity contribution in [1.82, 2.24) is 0 Å². The van der Waals surface area contributed by atoms with Gasteiger partial charge in [-0.1, -0.05) is 0 Å². The zero-order chi connectivity index (χ0) is 19.6. The lowest BCUT2D eigenvalue weighted by molar-refractivity contribution is 0.0686. The number of fused-ring (bicyclic) bond motifs is 1. The predicted octanol–water partition coefficient (Wildman–Crippen LogP) is 2.05. The average molecular weight is 393 g/mol. The minimum absolute atomic E-state index is 0.0734. The molecule has 0 atom stereocenters. The molecule has 0 spiro atoms. The van der Waals surface area contributed by atoms with Gasteiger partial charge in [0.2, 0.25) is 0 Å². The van der Waals surface area contributed by atoms with E-state index in [1.54, 1.807) is 0 Å². The van der Waals surface area contributed by atoms with Crippen molar-refractivity contribution < 1.29 is 37.7 Å². The fourth-order valence-electron chi connectivity index (χ4n) is 2.45. The van der Waals surface area contributed by atoms with E-state index in [4.69, 9.17) is 14.6 Å². The number of anilines is 1. The molecule has 0 saturated heterocycles. The SMILES string of the molecule is O=C(O)c1ccc(S(=O)(=O)Nc2cc3c(cc2C(=O)O)OCCCO3)cc1. The maximum absolute atomic E-state index is 12.6. The van der Waals surface area contributed by atoms with Crippen LogP contribution < -0.4 is 14.2 Å². The van der Waals surface area contributed by atoms with E-state index in [-0.39, 0.29) is 33.2 Å². The van der Waals surface area contributed by atoms with Crippen LogP contribution in [0.2, 0.25) is 0 Å². The minimum Gasteiger partial charge on any atom is -0.490 e. The number of hydrogen-bond acceptors (Lipinski definition) is 6. The van der Waals surface area contributed by atoms with Gasteiger partial charge in [-0.25, -0.2) is 18.0 Å². The summed E-state index contributed by atoms with van der Waals surface area (Å²) in [5, 5.41) is 18.3. The summed E-state index contributed by atoms with van der Waals surface area (Å²) in [7, 11) is -4.15. The maximum Gasteiger partial charge on any atom is 0.337 e. The Bertz CT molecular complexity index is 998. The maximum atomic E-state index is 12.6. The van der Waals surface area contributed by atoms with E-state index in [9.17, 15) is 23.1 Å². The number of carboxylic acids is 2. The number of aromatic carboxylic acids is 2. The number of nitrogens with one attached hydrogen (secondary N) is 1. The second kappa shape index (κ2) is 7.16. The van der Waals surface area contributed by atoms with Crippen LogP contribution in [0.15, 0.2) is 41.3 Å². The van der Waals surface area contributed by atoms with Gasteiger partial charge < -0.3 is 19.7 Å². The molecule has 0 aromatic heterocycles. The quantitative estimate of drug-likeness (QED) is 0.701. The molecule has 142 valence electrons. The van der Waals surface area contributed by atoms with E-state index < -0.39 is 22.0 Å². The molecule has 0 fully saturated rings. The first-order valence-corrected chi connectivity index (χ1v) is 9.29. The molecule has 0 radical (unpaired) electrons. The zero-order valence-corrected chi connectivity index (χ0v) is 14.7. The van der Waals surface area contributed by atoms with Crippen molar-refractivity contribution in [2.75, 3.05) is 17.9 Å². The number of benzene rings is 2. The monoisotopic (exact) mass is 393 g/mol. The predicted molar refractivity (Wildman–Crippen MR) is 93.2 cm³/mol. The van der Waals surface area contributed by atoms with Crippen LogP contribution in [-0.4, -0.2) is 43.8 Å². The number of carboxylic acid groups (broad SMARTS) is 2. The molecule has 2 aromatic carbocycles. The second-order valence-electron chi connectivity index (χ2n) is 5.64. The highest BCUT2D eigenvalue weighted by molar-refractivity contribution is 7.92. The van der Waals surface area contributed by atoms with Crippen molar-refractivity contribution in [2.45, 2.75) is 11.3 Å². The lowest BCUT2D eigenvalue weighted by Crippen LogP contribution is -2.16. The summed E-state index contributed by atoms with van der Waals surface area (Å²) in [6, 6.07) is 6.98. The molecule has 1 aliphatic heterocycles. The fourth-order valence-corrected chi connectivity index (χ4v) is 3.52. The Hall–Kier alpha value is -3.27. The Morgan fingerprint density at radius 2 is 1.52 bits per heavy atom. The number of sulfonamides is 1. The van der Waals surface area contributed by atoms with Crippen LogP contribution >= 0.6 is 0 Å². The number of ether oxygens (including phenoxy) is 2. The van der Waals surface area contributed by atoms with E-state index in [1.165, 1.54) is 12.1 Å². The van der Waals surface area contributed by atoms with E-state index in [1.807, 2.05) is 0 Å². The average Bonchev–Trinajstić information content (AvgIpc) is 2.85. The van der Waals surface area contributed by atoms with E-state index in [0.717, 1.165) is 24.3 Å². The Kier molecular flexibility index (Phi) is 4.91. The van der Waals surface area contributed by atoms with Gasteiger partial charge in [0.25, 0.3) is 10.0 Å². The summed E-state index contributed by atoms with van der Waals surface area (Å²) in [6.45, 7) is 0.704. The van der Waals surface area contributed by atoms with Crippen molar-refractivity contribution in [3.8, 4) is 11.5 Å². The van der Waals surface area contributed by atoms with Gasteiger partial charge in [0.1, 0.15) is 0 Å².